The first kappa shape index (κ1) is 23.4. The Balaban J connectivity index is 1.54. The summed E-state index contributed by atoms with van der Waals surface area (Å²) in [5.41, 5.74) is 3.35. The van der Waals surface area contributed by atoms with Crippen molar-refractivity contribution in [3.63, 3.8) is 0 Å². The Hall–Kier alpha value is -2.80. The number of fused-ring (bicyclic) bond motifs is 3. The molecule has 0 radical (unpaired) electrons. The van der Waals surface area contributed by atoms with Crippen molar-refractivity contribution in [2.75, 3.05) is 26.2 Å². The number of hydrogen-bond acceptors (Lipinski definition) is 5. The largest absolute Gasteiger partial charge is 0.337 e. The van der Waals surface area contributed by atoms with Crippen molar-refractivity contribution in [2.24, 2.45) is 5.92 Å². The van der Waals surface area contributed by atoms with Gasteiger partial charge in [0, 0.05) is 66.9 Å². The number of hydrogen-bond donors (Lipinski definition) is 2. The van der Waals surface area contributed by atoms with Crippen molar-refractivity contribution < 1.29 is 4.79 Å². The van der Waals surface area contributed by atoms with Gasteiger partial charge in [-0.05, 0) is 56.3 Å². The summed E-state index contributed by atoms with van der Waals surface area (Å²) < 4.78 is 0. The first-order valence-corrected chi connectivity index (χ1v) is 12.3. The molecular weight excluding hydrogens is 412 g/mol. The third-order valence-corrected chi connectivity index (χ3v) is 7.27. The van der Waals surface area contributed by atoms with Crippen LogP contribution in [0.2, 0.25) is 0 Å². The third kappa shape index (κ3) is 5.41. The summed E-state index contributed by atoms with van der Waals surface area (Å²) in [5.74, 6) is 2.24. The first-order chi connectivity index (χ1) is 16.1. The van der Waals surface area contributed by atoms with E-state index >= 15 is 0 Å². The summed E-state index contributed by atoms with van der Waals surface area (Å²) in [4.78, 5) is 28.7. The Morgan fingerprint density at radius 1 is 1.24 bits per heavy atom. The van der Waals surface area contributed by atoms with Gasteiger partial charge in [0.05, 0.1) is 0 Å². The summed E-state index contributed by atoms with van der Waals surface area (Å²) >= 11 is 0. The molecule has 33 heavy (non-hydrogen) atoms. The SMILES string of the molecule is C=CCNC(=O)NCC1CC2CCN1CC2c1cc(C(CC)CC)nc(-c2ccncc2)n1. The summed E-state index contributed by atoms with van der Waals surface area (Å²) in [7, 11) is 0. The second-order valence-corrected chi connectivity index (χ2v) is 9.21. The molecule has 3 saturated heterocycles. The minimum atomic E-state index is -0.123. The fourth-order valence-electron chi connectivity index (χ4n) is 5.35. The van der Waals surface area contributed by atoms with Crippen LogP contribution in [0, 0.1) is 5.92 Å². The van der Waals surface area contributed by atoms with Crippen molar-refractivity contribution in [1.82, 2.24) is 30.5 Å². The van der Waals surface area contributed by atoms with E-state index in [1.54, 1.807) is 18.5 Å². The lowest BCUT2D eigenvalue weighted by atomic mass is 9.74. The molecule has 0 saturated carbocycles. The summed E-state index contributed by atoms with van der Waals surface area (Å²) in [6, 6.07) is 6.51. The molecule has 3 aliphatic heterocycles. The predicted molar refractivity (Wildman–Crippen MR) is 131 cm³/mol. The number of urea groups is 1. The summed E-state index contributed by atoms with van der Waals surface area (Å²) in [6.45, 7) is 11.3. The topological polar surface area (TPSA) is 83.0 Å². The van der Waals surface area contributed by atoms with E-state index in [0.29, 0.717) is 36.9 Å². The van der Waals surface area contributed by atoms with Gasteiger partial charge in [-0.2, -0.15) is 0 Å². The number of nitrogens with zero attached hydrogens (tertiary/aromatic N) is 4. The third-order valence-electron chi connectivity index (χ3n) is 7.27. The first-order valence-electron chi connectivity index (χ1n) is 12.3. The van der Waals surface area contributed by atoms with E-state index in [9.17, 15) is 4.79 Å². The average Bonchev–Trinajstić information content (AvgIpc) is 2.87. The highest BCUT2D eigenvalue weighted by atomic mass is 16.2. The van der Waals surface area contributed by atoms with E-state index in [0.717, 1.165) is 49.4 Å². The van der Waals surface area contributed by atoms with Gasteiger partial charge in [-0.25, -0.2) is 14.8 Å². The molecule has 2 amide bonds. The molecule has 4 unspecified atom stereocenters. The van der Waals surface area contributed by atoms with Gasteiger partial charge in [0.15, 0.2) is 5.82 Å². The van der Waals surface area contributed by atoms with Crippen LogP contribution in [-0.4, -0.2) is 58.1 Å². The highest BCUT2D eigenvalue weighted by Gasteiger charge is 2.41. The van der Waals surface area contributed by atoms with Gasteiger partial charge in [0.2, 0.25) is 0 Å². The second kappa shape index (κ2) is 10.9. The number of rotatable bonds is 9. The molecule has 2 N–H and O–H groups in total. The quantitative estimate of drug-likeness (QED) is 0.564. The van der Waals surface area contributed by atoms with Gasteiger partial charge < -0.3 is 10.6 Å². The number of carbonyl (C=O) groups excluding carboxylic acids is 1. The number of aromatic nitrogens is 3. The standard InChI is InChI=1S/C26H36N6O/c1-4-10-28-26(33)29-16-21-14-20-9-13-32(21)17-22(20)24-15-23(18(5-2)6-3)30-25(31-24)19-7-11-27-12-8-19/h4,7-8,11-12,15,18,20-22H,1,5-6,9-10,13-14,16-17H2,2-3H3,(H2,28,29,33). The maximum atomic E-state index is 12.0. The van der Waals surface area contributed by atoms with Crippen LogP contribution in [0.4, 0.5) is 4.79 Å². The Morgan fingerprint density at radius 2 is 2.03 bits per heavy atom. The van der Waals surface area contributed by atoms with E-state index in [2.05, 4.69) is 47.0 Å². The Labute approximate surface area is 197 Å². The molecule has 2 aromatic heterocycles. The maximum absolute atomic E-state index is 12.0. The summed E-state index contributed by atoms with van der Waals surface area (Å²) in [6.07, 6.45) is 9.71. The lowest BCUT2D eigenvalue weighted by Crippen LogP contribution is -2.56. The van der Waals surface area contributed by atoms with Crippen LogP contribution < -0.4 is 10.6 Å². The number of pyridine rings is 1. The highest BCUT2D eigenvalue weighted by Crippen LogP contribution is 2.42. The Kier molecular flexibility index (Phi) is 7.70. The molecule has 176 valence electrons. The molecule has 7 nitrogen and oxygen atoms in total. The van der Waals surface area contributed by atoms with Crippen molar-refractivity contribution >= 4 is 6.03 Å². The van der Waals surface area contributed by atoms with Gasteiger partial charge in [0.1, 0.15) is 0 Å². The zero-order chi connectivity index (χ0) is 23.2. The van der Waals surface area contributed by atoms with Crippen LogP contribution >= 0.6 is 0 Å². The molecule has 0 spiro atoms. The minimum absolute atomic E-state index is 0.123. The van der Waals surface area contributed by atoms with Crippen LogP contribution in [-0.2, 0) is 0 Å². The normalized spacial score (nSPS) is 24.0. The van der Waals surface area contributed by atoms with E-state index < -0.39 is 0 Å². The van der Waals surface area contributed by atoms with Gasteiger partial charge in [-0.3, -0.25) is 9.88 Å². The molecule has 3 aliphatic rings. The van der Waals surface area contributed by atoms with Crippen molar-refractivity contribution in [3.05, 3.63) is 54.6 Å². The lowest BCUT2D eigenvalue weighted by molar-refractivity contribution is 0.0305. The van der Waals surface area contributed by atoms with E-state index in [4.69, 9.17) is 9.97 Å². The molecule has 0 aromatic carbocycles. The van der Waals surface area contributed by atoms with E-state index in [1.807, 2.05) is 12.1 Å². The maximum Gasteiger partial charge on any atom is 0.315 e. The zero-order valence-electron chi connectivity index (χ0n) is 19.8. The number of piperidine rings is 3. The zero-order valence-corrected chi connectivity index (χ0v) is 19.8. The lowest BCUT2D eigenvalue weighted by Gasteiger charge is -2.49. The predicted octanol–water partition coefficient (Wildman–Crippen LogP) is 4.11. The van der Waals surface area contributed by atoms with E-state index in [-0.39, 0.29) is 6.03 Å². The minimum Gasteiger partial charge on any atom is -0.337 e. The average molecular weight is 449 g/mol. The van der Waals surface area contributed by atoms with Crippen LogP contribution in [0.5, 0.6) is 0 Å². The van der Waals surface area contributed by atoms with Gasteiger partial charge >= 0.3 is 6.03 Å². The molecule has 4 atom stereocenters. The molecule has 3 fully saturated rings. The number of carbonyl (C=O) groups is 1. The van der Waals surface area contributed by atoms with Crippen molar-refractivity contribution in [3.8, 4) is 11.4 Å². The molecule has 0 aliphatic carbocycles. The van der Waals surface area contributed by atoms with Crippen LogP contribution in [0.25, 0.3) is 11.4 Å². The molecular formula is C26H36N6O. The Morgan fingerprint density at radius 3 is 2.70 bits per heavy atom. The van der Waals surface area contributed by atoms with E-state index in [1.165, 1.54) is 12.1 Å². The van der Waals surface area contributed by atoms with Crippen molar-refractivity contribution in [2.45, 2.75) is 57.4 Å². The van der Waals surface area contributed by atoms with Gasteiger partial charge in [0.25, 0.3) is 0 Å². The van der Waals surface area contributed by atoms with Gasteiger partial charge in [-0.15, -0.1) is 6.58 Å². The molecule has 7 heteroatoms. The number of amides is 2. The number of nitrogens with one attached hydrogen (secondary N) is 2. The van der Waals surface area contributed by atoms with Crippen LogP contribution in [0.1, 0.15) is 62.8 Å². The van der Waals surface area contributed by atoms with Crippen LogP contribution in [0.3, 0.4) is 0 Å². The fraction of sp³-hybridized carbons (Fsp3) is 0.538. The monoisotopic (exact) mass is 448 g/mol. The second-order valence-electron chi connectivity index (χ2n) is 9.21. The van der Waals surface area contributed by atoms with Crippen molar-refractivity contribution in [1.29, 1.82) is 0 Å². The smallest absolute Gasteiger partial charge is 0.315 e. The molecule has 5 heterocycles. The van der Waals surface area contributed by atoms with Gasteiger partial charge in [-0.1, -0.05) is 19.9 Å². The Bertz CT molecular complexity index is 945. The molecule has 5 rings (SSSR count). The highest BCUT2D eigenvalue weighted by molar-refractivity contribution is 5.74. The molecule has 2 bridgehead atoms. The molecule has 2 aromatic rings. The fourth-order valence-corrected chi connectivity index (χ4v) is 5.35. The van der Waals surface area contributed by atoms with Crippen LogP contribution in [0.15, 0.2) is 43.2 Å². The summed E-state index contributed by atoms with van der Waals surface area (Å²) in [5, 5.41) is 5.82.